The van der Waals surface area contributed by atoms with Crippen molar-refractivity contribution >= 4 is 17.2 Å². The number of nitrogens with zero attached hydrogens (tertiary/aromatic N) is 2. The first kappa shape index (κ1) is 17.1. The van der Waals surface area contributed by atoms with E-state index in [1.54, 1.807) is 12.4 Å². The highest BCUT2D eigenvalue weighted by Crippen LogP contribution is 2.20. The van der Waals surface area contributed by atoms with Gasteiger partial charge in [0.15, 0.2) is 0 Å². The lowest BCUT2D eigenvalue weighted by molar-refractivity contribution is 0.0954. The van der Waals surface area contributed by atoms with Gasteiger partial charge in [0.1, 0.15) is 22.2 Å². The number of nitrogens with one attached hydrogen (secondary N) is 1. The van der Waals surface area contributed by atoms with E-state index in [0.29, 0.717) is 18.0 Å². The first-order valence-corrected chi connectivity index (χ1v) is 8.76. The monoisotopic (exact) mass is 353 g/mol. The van der Waals surface area contributed by atoms with Gasteiger partial charge in [-0.05, 0) is 37.6 Å². The first-order valence-electron chi connectivity index (χ1n) is 7.94. The second-order valence-electron chi connectivity index (χ2n) is 5.67. The van der Waals surface area contributed by atoms with Gasteiger partial charge >= 0.3 is 0 Å². The van der Waals surface area contributed by atoms with Crippen molar-refractivity contribution in [1.82, 2.24) is 15.3 Å². The van der Waals surface area contributed by atoms with Crippen molar-refractivity contribution in [2.45, 2.75) is 27.0 Å². The van der Waals surface area contributed by atoms with Crippen LogP contribution in [0.25, 0.3) is 0 Å². The summed E-state index contributed by atoms with van der Waals surface area (Å²) in [5, 5.41) is 3.68. The molecule has 2 heterocycles. The summed E-state index contributed by atoms with van der Waals surface area (Å²) in [6, 6.07) is 11.6. The fraction of sp³-hybridized carbons (Fsp3) is 0.211. The van der Waals surface area contributed by atoms with E-state index in [0.717, 1.165) is 22.0 Å². The van der Waals surface area contributed by atoms with E-state index in [4.69, 9.17) is 4.74 Å². The van der Waals surface area contributed by atoms with E-state index in [2.05, 4.69) is 15.3 Å². The highest BCUT2D eigenvalue weighted by Gasteiger charge is 2.15. The third-order valence-corrected chi connectivity index (χ3v) is 4.74. The molecule has 3 rings (SSSR count). The average Bonchev–Trinajstić information content (AvgIpc) is 3.01. The molecule has 0 aliphatic carbocycles. The van der Waals surface area contributed by atoms with Gasteiger partial charge < -0.3 is 10.1 Å². The van der Waals surface area contributed by atoms with Crippen molar-refractivity contribution in [3.63, 3.8) is 0 Å². The van der Waals surface area contributed by atoms with Gasteiger partial charge in [-0.25, -0.2) is 4.98 Å². The fourth-order valence-electron chi connectivity index (χ4n) is 2.27. The fourth-order valence-corrected chi connectivity index (χ4v) is 3.16. The summed E-state index contributed by atoms with van der Waals surface area (Å²) in [7, 11) is 0. The molecule has 1 N–H and O–H groups in total. The molecule has 0 radical (unpaired) electrons. The number of amides is 1. The Balaban J connectivity index is 1.59. The van der Waals surface area contributed by atoms with Gasteiger partial charge in [-0.1, -0.05) is 23.8 Å². The Bertz CT molecular complexity index is 845. The highest BCUT2D eigenvalue weighted by molar-refractivity contribution is 7.13. The molecule has 25 heavy (non-hydrogen) atoms. The summed E-state index contributed by atoms with van der Waals surface area (Å²) < 4.78 is 5.73. The van der Waals surface area contributed by atoms with Crippen LogP contribution in [-0.4, -0.2) is 15.9 Å². The molecule has 0 saturated carbocycles. The third kappa shape index (κ3) is 4.64. The van der Waals surface area contributed by atoms with Crippen LogP contribution in [-0.2, 0) is 13.2 Å². The Morgan fingerprint density at radius 2 is 2.00 bits per heavy atom. The van der Waals surface area contributed by atoms with Gasteiger partial charge in [0, 0.05) is 18.9 Å². The maximum absolute atomic E-state index is 12.4. The Hall–Kier alpha value is -2.73. The Morgan fingerprint density at radius 3 is 2.72 bits per heavy atom. The number of hydrogen-bond acceptors (Lipinski definition) is 5. The van der Waals surface area contributed by atoms with Crippen molar-refractivity contribution in [1.29, 1.82) is 0 Å². The second-order valence-corrected chi connectivity index (χ2v) is 6.75. The zero-order valence-electron chi connectivity index (χ0n) is 14.2. The van der Waals surface area contributed by atoms with Crippen molar-refractivity contribution in [2.24, 2.45) is 0 Å². The lowest BCUT2D eigenvalue weighted by atomic mass is 10.2. The molecule has 3 aromatic rings. The lowest BCUT2D eigenvalue weighted by Crippen LogP contribution is -2.22. The zero-order chi connectivity index (χ0) is 17.6. The standard InChI is InChI=1S/C19H19N3O2S/c1-13-5-7-16(8-6-13)24-12-17-22-14(2)18(25-17)19(23)21-11-15-4-3-9-20-10-15/h3-10H,11-12H2,1-2H3,(H,21,23). The number of carbonyl (C=O) groups is 1. The van der Waals surface area contributed by atoms with Crippen LogP contribution in [0.15, 0.2) is 48.8 Å². The van der Waals surface area contributed by atoms with Crippen LogP contribution in [0, 0.1) is 13.8 Å². The maximum Gasteiger partial charge on any atom is 0.263 e. The highest BCUT2D eigenvalue weighted by atomic mass is 32.1. The van der Waals surface area contributed by atoms with Gasteiger partial charge in [-0.15, -0.1) is 11.3 Å². The largest absolute Gasteiger partial charge is 0.486 e. The van der Waals surface area contributed by atoms with Gasteiger partial charge in [-0.2, -0.15) is 0 Å². The summed E-state index contributed by atoms with van der Waals surface area (Å²) in [6.45, 7) is 4.67. The number of rotatable bonds is 6. The van der Waals surface area contributed by atoms with Gasteiger partial charge in [0.25, 0.3) is 5.91 Å². The molecule has 0 unspecified atom stereocenters. The average molecular weight is 353 g/mol. The van der Waals surface area contributed by atoms with Crippen molar-refractivity contribution in [2.75, 3.05) is 0 Å². The molecular weight excluding hydrogens is 334 g/mol. The minimum Gasteiger partial charge on any atom is -0.486 e. The van der Waals surface area contributed by atoms with Crippen LogP contribution in [0.3, 0.4) is 0 Å². The molecule has 6 heteroatoms. The molecule has 1 aromatic carbocycles. The van der Waals surface area contributed by atoms with Crippen LogP contribution in [0.5, 0.6) is 5.75 Å². The Kier molecular flexibility index (Phi) is 5.40. The molecule has 5 nitrogen and oxygen atoms in total. The molecule has 0 saturated heterocycles. The van der Waals surface area contributed by atoms with Crippen molar-refractivity contribution in [3.05, 3.63) is 75.5 Å². The van der Waals surface area contributed by atoms with E-state index in [1.165, 1.54) is 16.9 Å². The lowest BCUT2D eigenvalue weighted by Gasteiger charge is -2.04. The Morgan fingerprint density at radius 1 is 1.20 bits per heavy atom. The van der Waals surface area contributed by atoms with Crippen LogP contribution in [0.2, 0.25) is 0 Å². The SMILES string of the molecule is Cc1ccc(OCc2nc(C)c(C(=O)NCc3cccnc3)s2)cc1. The summed E-state index contributed by atoms with van der Waals surface area (Å²) in [5.41, 5.74) is 2.86. The molecule has 0 atom stereocenters. The minimum absolute atomic E-state index is 0.125. The van der Waals surface area contributed by atoms with E-state index < -0.39 is 0 Å². The number of thiazole rings is 1. The number of carbonyl (C=O) groups excluding carboxylic acids is 1. The van der Waals surface area contributed by atoms with Crippen LogP contribution >= 0.6 is 11.3 Å². The predicted octanol–water partition coefficient (Wildman–Crippen LogP) is 3.66. The molecule has 2 aromatic heterocycles. The summed E-state index contributed by atoms with van der Waals surface area (Å²) in [6.07, 6.45) is 3.44. The zero-order valence-corrected chi connectivity index (χ0v) is 15.0. The molecule has 0 spiro atoms. The maximum atomic E-state index is 12.4. The molecule has 0 fully saturated rings. The van der Waals surface area contributed by atoms with Crippen molar-refractivity contribution < 1.29 is 9.53 Å². The number of pyridine rings is 1. The summed E-state index contributed by atoms with van der Waals surface area (Å²) >= 11 is 1.36. The molecule has 0 bridgehead atoms. The molecular formula is C19H19N3O2S. The Labute approximate surface area is 150 Å². The van der Waals surface area contributed by atoms with Crippen LogP contribution in [0.1, 0.15) is 31.5 Å². The van der Waals surface area contributed by atoms with Gasteiger partial charge in [0.05, 0.1) is 5.69 Å². The van der Waals surface area contributed by atoms with E-state index in [9.17, 15) is 4.79 Å². The topological polar surface area (TPSA) is 64.1 Å². The first-order chi connectivity index (χ1) is 12.1. The van der Waals surface area contributed by atoms with E-state index >= 15 is 0 Å². The quantitative estimate of drug-likeness (QED) is 0.734. The van der Waals surface area contributed by atoms with E-state index in [1.807, 2.05) is 50.2 Å². The number of benzene rings is 1. The van der Waals surface area contributed by atoms with Crippen molar-refractivity contribution in [3.8, 4) is 5.75 Å². The second kappa shape index (κ2) is 7.90. The molecule has 128 valence electrons. The third-order valence-electron chi connectivity index (χ3n) is 3.61. The van der Waals surface area contributed by atoms with Crippen LogP contribution in [0.4, 0.5) is 0 Å². The number of ether oxygens (including phenoxy) is 1. The van der Waals surface area contributed by atoms with Gasteiger partial charge in [0.2, 0.25) is 0 Å². The number of aryl methyl sites for hydroxylation is 2. The molecule has 0 aliphatic heterocycles. The predicted molar refractivity (Wildman–Crippen MR) is 97.8 cm³/mol. The minimum atomic E-state index is -0.125. The van der Waals surface area contributed by atoms with Gasteiger partial charge in [-0.3, -0.25) is 9.78 Å². The normalized spacial score (nSPS) is 10.5. The summed E-state index contributed by atoms with van der Waals surface area (Å²) in [5.74, 6) is 0.668. The van der Waals surface area contributed by atoms with Crippen LogP contribution < -0.4 is 10.1 Å². The molecule has 0 aliphatic rings. The molecule has 1 amide bonds. The number of hydrogen-bond donors (Lipinski definition) is 1. The smallest absolute Gasteiger partial charge is 0.263 e. The number of aromatic nitrogens is 2. The van der Waals surface area contributed by atoms with E-state index in [-0.39, 0.29) is 5.91 Å². The summed E-state index contributed by atoms with van der Waals surface area (Å²) in [4.78, 5) is 21.5.